The van der Waals surface area contributed by atoms with E-state index < -0.39 is 0 Å². The lowest BCUT2D eigenvalue weighted by atomic mass is 9.87. The Morgan fingerprint density at radius 2 is 1.65 bits per heavy atom. The molecule has 1 N–H and O–H groups in total. The molecule has 1 heterocycles. The molecule has 0 aliphatic rings. The van der Waals surface area contributed by atoms with Crippen LogP contribution in [-0.2, 0) is 12.0 Å². The molecule has 34 heavy (non-hydrogen) atoms. The van der Waals surface area contributed by atoms with Gasteiger partial charge < -0.3 is 14.6 Å². The van der Waals surface area contributed by atoms with Gasteiger partial charge in [-0.25, -0.2) is 4.98 Å². The molecule has 1 amide bonds. The van der Waals surface area contributed by atoms with Crippen LogP contribution >= 0.6 is 0 Å². The average Bonchev–Trinajstić information content (AvgIpc) is 3.21. The number of amides is 1. The third kappa shape index (κ3) is 5.48. The van der Waals surface area contributed by atoms with E-state index in [1.165, 1.54) is 5.56 Å². The Morgan fingerprint density at radius 1 is 0.971 bits per heavy atom. The Morgan fingerprint density at radius 3 is 2.35 bits per heavy atom. The maximum atomic E-state index is 12.7. The predicted molar refractivity (Wildman–Crippen MR) is 137 cm³/mol. The fraction of sp³-hybridized carbons (Fsp3) is 0.310. The number of aryl methyl sites for hydroxylation is 1. The van der Waals surface area contributed by atoms with Crippen LogP contribution in [0.2, 0.25) is 0 Å². The van der Waals surface area contributed by atoms with Crippen molar-refractivity contribution in [1.29, 1.82) is 0 Å². The molecular formula is C29H33N3O2. The lowest BCUT2D eigenvalue weighted by Gasteiger charge is -2.19. The van der Waals surface area contributed by atoms with Crippen LogP contribution in [0.5, 0.6) is 5.75 Å². The molecule has 3 aromatic carbocycles. The van der Waals surface area contributed by atoms with E-state index >= 15 is 0 Å². The first-order valence-electron chi connectivity index (χ1n) is 11.9. The lowest BCUT2D eigenvalue weighted by Crippen LogP contribution is -2.28. The van der Waals surface area contributed by atoms with Crippen molar-refractivity contribution in [3.8, 4) is 5.75 Å². The van der Waals surface area contributed by atoms with E-state index in [9.17, 15) is 4.79 Å². The van der Waals surface area contributed by atoms with Gasteiger partial charge in [-0.05, 0) is 60.7 Å². The van der Waals surface area contributed by atoms with Crippen LogP contribution in [0.4, 0.5) is 0 Å². The van der Waals surface area contributed by atoms with Crippen LogP contribution in [0.15, 0.2) is 78.9 Å². The molecule has 1 atom stereocenters. The zero-order chi connectivity index (χ0) is 24.1. The summed E-state index contributed by atoms with van der Waals surface area (Å²) < 4.78 is 8.20. The molecule has 0 spiro atoms. The normalized spacial score (nSPS) is 12.5. The van der Waals surface area contributed by atoms with Gasteiger partial charge in [0, 0.05) is 12.1 Å². The minimum absolute atomic E-state index is 0.103. The third-order valence-corrected chi connectivity index (χ3v) is 5.97. The first kappa shape index (κ1) is 23.6. The zero-order valence-electron chi connectivity index (χ0n) is 20.4. The lowest BCUT2D eigenvalue weighted by molar-refractivity contribution is 0.0937. The van der Waals surface area contributed by atoms with Crippen molar-refractivity contribution in [1.82, 2.24) is 14.9 Å². The van der Waals surface area contributed by atoms with Crippen LogP contribution in [0.1, 0.15) is 61.9 Å². The highest BCUT2D eigenvalue weighted by Gasteiger charge is 2.19. The number of ether oxygens (including phenoxy) is 1. The first-order chi connectivity index (χ1) is 16.3. The molecule has 0 saturated carbocycles. The zero-order valence-corrected chi connectivity index (χ0v) is 20.4. The van der Waals surface area contributed by atoms with Gasteiger partial charge in [-0.15, -0.1) is 0 Å². The number of carbonyl (C=O) groups is 1. The number of nitrogens with zero attached hydrogens (tertiary/aromatic N) is 2. The molecule has 5 nitrogen and oxygen atoms in total. The van der Waals surface area contributed by atoms with Crippen molar-refractivity contribution in [2.45, 2.75) is 52.1 Å². The molecule has 0 radical (unpaired) electrons. The van der Waals surface area contributed by atoms with Gasteiger partial charge in [0.25, 0.3) is 5.91 Å². The first-order valence-corrected chi connectivity index (χ1v) is 11.9. The number of hydrogen-bond acceptors (Lipinski definition) is 3. The summed E-state index contributed by atoms with van der Waals surface area (Å²) in [6.07, 6.45) is 0.827. The molecule has 4 rings (SSSR count). The number of imidazole rings is 1. The van der Waals surface area contributed by atoms with Crippen LogP contribution < -0.4 is 10.1 Å². The summed E-state index contributed by atoms with van der Waals surface area (Å²) in [5, 5.41) is 3.09. The van der Waals surface area contributed by atoms with E-state index in [0.717, 1.165) is 35.6 Å². The maximum Gasteiger partial charge on any atom is 0.251 e. The minimum Gasteiger partial charge on any atom is -0.494 e. The number of para-hydroxylation sites is 2. The Hall–Kier alpha value is -3.60. The molecule has 0 aliphatic carbocycles. The van der Waals surface area contributed by atoms with E-state index in [4.69, 9.17) is 9.72 Å². The number of nitrogens with one attached hydrogen (secondary N) is 1. The van der Waals surface area contributed by atoms with Gasteiger partial charge in [-0.3, -0.25) is 4.79 Å². The quantitative estimate of drug-likeness (QED) is 0.318. The average molecular weight is 456 g/mol. The Labute approximate surface area is 201 Å². The smallest absolute Gasteiger partial charge is 0.251 e. The Bertz CT molecular complexity index is 1240. The monoisotopic (exact) mass is 455 g/mol. The Kier molecular flexibility index (Phi) is 7.01. The van der Waals surface area contributed by atoms with Crippen molar-refractivity contribution in [3.05, 3.63) is 95.8 Å². The van der Waals surface area contributed by atoms with Crippen LogP contribution in [0, 0.1) is 0 Å². The summed E-state index contributed by atoms with van der Waals surface area (Å²) in [4.78, 5) is 17.5. The topological polar surface area (TPSA) is 56.2 Å². The molecule has 1 aromatic heterocycles. The summed E-state index contributed by atoms with van der Waals surface area (Å²) >= 11 is 0. The van der Waals surface area contributed by atoms with E-state index in [1.54, 1.807) is 0 Å². The van der Waals surface area contributed by atoms with Crippen molar-refractivity contribution >= 4 is 16.9 Å². The third-order valence-electron chi connectivity index (χ3n) is 5.97. The van der Waals surface area contributed by atoms with E-state index in [2.05, 4.69) is 48.9 Å². The molecule has 5 heteroatoms. The van der Waals surface area contributed by atoms with Crippen LogP contribution in [0.25, 0.3) is 11.0 Å². The Balaban J connectivity index is 1.43. The summed E-state index contributed by atoms with van der Waals surface area (Å²) in [5.74, 6) is 1.63. The predicted octanol–water partition coefficient (Wildman–Crippen LogP) is 6.29. The second kappa shape index (κ2) is 10.1. The van der Waals surface area contributed by atoms with E-state index in [-0.39, 0.29) is 17.4 Å². The van der Waals surface area contributed by atoms with Gasteiger partial charge in [-0.1, -0.05) is 63.2 Å². The number of aromatic nitrogens is 2. The standard InChI is InChI=1S/C29H33N3O2/c1-21(30-28(33)22-11-6-5-7-12-22)27-31-25-13-8-9-14-26(25)32(27)19-10-20-34-24-17-15-23(16-18-24)29(2,3)4/h5-9,11-18,21H,10,19-20H2,1-4H3,(H,30,33). The SMILES string of the molecule is CC(NC(=O)c1ccccc1)c1nc2ccccc2n1CCCOc1ccc(C(C)(C)C)cc1. The van der Waals surface area contributed by atoms with Gasteiger partial charge in [0.05, 0.1) is 23.7 Å². The largest absolute Gasteiger partial charge is 0.494 e. The summed E-state index contributed by atoms with van der Waals surface area (Å²) in [6, 6.07) is 25.5. The fourth-order valence-electron chi connectivity index (χ4n) is 4.06. The van der Waals surface area contributed by atoms with Gasteiger partial charge in [0.1, 0.15) is 11.6 Å². The van der Waals surface area contributed by atoms with Crippen LogP contribution in [-0.4, -0.2) is 22.1 Å². The van der Waals surface area contributed by atoms with Gasteiger partial charge in [0.15, 0.2) is 0 Å². The highest BCUT2D eigenvalue weighted by molar-refractivity contribution is 5.94. The molecule has 1 unspecified atom stereocenters. The number of carbonyl (C=O) groups excluding carboxylic acids is 1. The molecular weight excluding hydrogens is 422 g/mol. The molecule has 0 saturated heterocycles. The highest BCUT2D eigenvalue weighted by Crippen LogP contribution is 2.25. The number of rotatable bonds is 8. The maximum absolute atomic E-state index is 12.7. The van der Waals surface area contributed by atoms with Crippen molar-refractivity contribution < 1.29 is 9.53 Å². The molecule has 4 aromatic rings. The molecule has 0 bridgehead atoms. The minimum atomic E-state index is -0.231. The number of hydrogen-bond donors (Lipinski definition) is 1. The number of fused-ring (bicyclic) bond motifs is 1. The van der Waals surface area contributed by atoms with Gasteiger partial charge in [-0.2, -0.15) is 0 Å². The molecule has 0 aliphatic heterocycles. The van der Waals surface area contributed by atoms with Gasteiger partial charge in [0.2, 0.25) is 0 Å². The second-order valence-corrected chi connectivity index (χ2v) is 9.65. The van der Waals surface area contributed by atoms with E-state index in [1.807, 2.05) is 67.6 Å². The van der Waals surface area contributed by atoms with E-state index in [0.29, 0.717) is 12.2 Å². The van der Waals surface area contributed by atoms with Crippen LogP contribution in [0.3, 0.4) is 0 Å². The summed E-state index contributed by atoms with van der Waals surface area (Å²) in [5.41, 5.74) is 4.05. The van der Waals surface area contributed by atoms with Crippen molar-refractivity contribution in [2.24, 2.45) is 0 Å². The van der Waals surface area contributed by atoms with Crippen molar-refractivity contribution in [3.63, 3.8) is 0 Å². The van der Waals surface area contributed by atoms with Crippen molar-refractivity contribution in [2.75, 3.05) is 6.61 Å². The molecule has 0 fully saturated rings. The fourth-order valence-corrected chi connectivity index (χ4v) is 4.06. The molecule has 176 valence electrons. The number of benzene rings is 3. The summed E-state index contributed by atoms with van der Waals surface area (Å²) in [6.45, 7) is 9.95. The highest BCUT2D eigenvalue weighted by atomic mass is 16.5. The van der Waals surface area contributed by atoms with Gasteiger partial charge >= 0.3 is 0 Å². The second-order valence-electron chi connectivity index (χ2n) is 9.65. The summed E-state index contributed by atoms with van der Waals surface area (Å²) in [7, 11) is 0.